The lowest BCUT2D eigenvalue weighted by atomic mass is 9.97. The van der Waals surface area contributed by atoms with E-state index in [0.717, 1.165) is 24.0 Å². The molecule has 4 heterocycles. The minimum atomic E-state index is -1.35. The number of halogens is 1. The molecule has 0 amide bonds. The standard InChI is InChI=1S/C21H20FN5O/c22-21(10-4-11-23-13-21)14-28-17-6-3-5-15-8-9-16(24-19(15)17)20-26-25-18-7-1-2-12-27(18)20/h1-3,5-9,12,23H,4,10-11,13-14H2. The van der Waals surface area contributed by atoms with Crippen LogP contribution in [0, 0.1) is 0 Å². The van der Waals surface area contributed by atoms with Crippen molar-refractivity contribution in [2.45, 2.75) is 18.5 Å². The number of aromatic nitrogens is 4. The van der Waals surface area contributed by atoms with Crippen LogP contribution in [0.3, 0.4) is 0 Å². The number of para-hydroxylation sites is 1. The molecule has 28 heavy (non-hydrogen) atoms. The largest absolute Gasteiger partial charge is 0.488 e. The molecular weight excluding hydrogens is 357 g/mol. The third kappa shape index (κ3) is 3.07. The van der Waals surface area contributed by atoms with Crippen LogP contribution in [-0.2, 0) is 0 Å². The number of piperidine rings is 1. The van der Waals surface area contributed by atoms with Crippen LogP contribution in [-0.4, -0.2) is 44.9 Å². The summed E-state index contributed by atoms with van der Waals surface area (Å²) < 4.78 is 22.7. The average Bonchev–Trinajstić information content (AvgIpc) is 3.17. The second kappa shape index (κ2) is 6.83. The minimum absolute atomic E-state index is 0.0128. The van der Waals surface area contributed by atoms with Gasteiger partial charge in [0.1, 0.15) is 23.6 Å². The van der Waals surface area contributed by atoms with Crippen LogP contribution in [0.25, 0.3) is 28.1 Å². The molecule has 0 bridgehead atoms. The molecule has 0 aliphatic carbocycles. The number of alkyl halides is 1. The van der Waals surface area contributed by atoms with E-state index in [0.29, 0.717) is 35.8 Å². The van der Waals surface area contributed by atoms with E-state index in [1.807, 2.05) is 59.1 Å². The van der Waals surface area contributed by atoms with Gasteiger partial charge in [-0.3, -0.25) is 4.40 Å². The number of ether oxygens (including phenoxy) is 1. The Morgan fingerprint density at radius 1 is 1.11 bits per heavy atom. The van der Waals surface area contributed by atoms with E-state index in [4.69, 9.17) is 9.72 Å². The summed E-state index contributed by atoms with van der Waals surface area (Å²) >= 11 is 0. The smallest absolute Gasteiger partial charge is 0.187 e. The van der Waals surface area contributed by atoms with Crippen LogP contribution >= 0.6 is 0 Å². The summed E-state index contributed by atoms with van der Waals surface area (Å²) in [5.41, 5.74) is 0.797. The fourth-order valence-electron chi connectivity index (χ4n) is 3.64. The van der Waals surface area contributed by atoms with Gasteiger partial charge in [-0.05, 0) is 43.7 Å². The van der Waals surface area contributed by atoms with Crippen LogP contribution in [0.15, 0.2) is 54.7 Å². The maximum absolute atomic E-state index is 14.9. The van der Waals surface area contributed by atoms with Gasteiger partial charge in [0.2, 0.25) is 0 Å². The topological polar surface area (TPSA) is 64.3 Å². The molecule has 6 nitrogen and oxygen atoms in total. The number of benzene rings is 1. The molecule has 142 valence electrons. The molecule has 4 aromatic rings. The third-order valence-corrected chi connectivity index (χ3v) is 5.13. The zero-order valence-electron chi connectivity index (χ0n) is 15.3. The van der Waals surface area contributed by atoms with Crippen molar-refractivity contribution in [1.82, 2.24) is 24.9 Å². The lowest BCUT2D eigenvalue weighted by Crippen LogP contribution is -2.46. The molecule has 1 unspecified atom stereocenters. The van der Waals surface area contributed by atoms with E-state index in [9.17, 15) is 4.39 Å². The first-order valence-corrected chi connectivity index (χ1v) is 9.44. The molecule has 3 aromatic heterocycles. The number of nitrogens with one attached hydrogen (secondary N) is 1. The van der Waals surface area contributed by atoms with Crippen molar-refractivity contribution in [3.8, 4) is 17.3 Å². The van der Waals surface area contributed by atoms with Crippen LogP contribution in [0.4, 0.5) is 4.39 Å². The second-order valence-electron chi connectivity index (χ2n) is 7.20. The lowest BCUT2D eigenvalue weighted by molar-refractivity contribution is 0.0600. The number of hydrogen-bond donors (Lipinski definition) is 1. The Morgan fingerprint density at radius 3 is 2.96 bits per heavy atom. The predicted molar refractivity (Wildman–Crippen MR) is 105 cm³/mol. The minimum Gasteiger partial charge on any atom is -0.488 e. The van der Waals surface area contributed by atoms with Crippen molar-refractivity contribution in [2.24, 2.45) is 0 Å². The van der Waals surface area contributed by atoms with Crippen molar-refractivity contribution in [3.05, 3.63) is 54.7 Å². The highest BCUT2D eigenvalue weighted by molar-refractivity contribution is 5.86. The van der Waals surface area contributed by atoms with E-state index in [2.05, 4.69) is 15.5 Å². The fraction of sp³-hybridized carbons (Fsp3) is 0.286. The van der Waals surface area contributed by atoms with Crippen molar-refractivity contribution in [1.29, 1.82) is 0 Å². The lowest BCUT2D eigenvalue weighted by Gasteiger charge is -2.29. The summed E-state index contributed by atoms with van der Waals surface area (Å²) in [6.07, 6.45) is 3.23. The highest BCUT2D eigenvalue weighted by Crippen LogP contribution is 2.29. The first-order chi connectivity index (χ1) is 13.7. The zero-order valence-corrected chi connectivity index (χ0v) is 15.3. The Kier molecular flexibility index (Phi) is 4.16. The van der Waals surface area contributed by atoms with Gasteiger partial charge >= 0.3 is 0 Å². The maximum Gasteiger partial charge on any atom is 0.187 e. The molecule has 7 heteroatoms. The molecule has 5 rings (SSSR count). The first-order valence-electron chi connectivity index (χ1n) is 9.44. The molecular formula is C21H20FN5O. The quantitative estimate of drug-likeness (QED) is 0.590. The van der Waals surface area contributed by atoms with Crippen molar-refractivity contribution in [3.63, 3.8) is 0 Å². The molecule has 1 atom stereocenters. The summed E-state index contributed by atoms with van der Waals surface area (Å²) in [5, 5.41) is 12.5. The van der Waals surface area contributed by atoms with Crippen molar-refractivity contribution in [2.75, 3.05) is 19.7 Å². The van der Waals surface area contributed by atoms with Gasteiger partial charge in [-0.1, -0.05) is 24.3 Å². The Balaban J connectivity index is 1.51. The predicted octanol–water partition coefficient (Wildman–Crippen LogP) is 3.42. The van der Waals surface area contributed by atoms with Gasteiger partial charge in [0, 0.05) is 18.1 Å². The fourth-order valence-corrected chi connectivity index (χ4v) is 3.64. The van der Waals surface area contributed by atoms with Crippen LogP contribution in [0.5, 0.6) is 5.75 Å². The normalized spacial score (nSPS) is 19.9. The Morgan fingerprint density at radius 2 is 2.07 bits per heavy atom. The van der Waals surface area contributed by atoms with E-state index in [-0.39, 0.29) is 6.61 Å². The Bertz CT molecular complexity index is 1140. The van der Waals surface area contributed by atoms with Crippen molar-refractivity contribution < 1.29 is 9.13 Å². The van der Waals surface area contributed by atoms with Crippen LogP contribution in [0.1, 0.15) is 12.8 Å². The van der Waals surface area contributed by atoms with E-state index < -0.39 is 5.67 Å². The van der Waals surface area contributed by atoms with Gasteiger partial charge in [-0.15, -0.1) is 10.2 Å². The van der Waals surface area contributed by atoms with Gasteiger partial charge < -0.3 is 10.1 Å². The number of fused-ring (bicyclic) bond motifs is 2. The van der Waals surface area contributed by atoms with Gasteiger partial charge in [0.25, 0.3) is 0 Å². The molecule has 0 saturated carbocycles. The molecule has 0 spiro atoms. The van der Waals surface area contributed by atoms with Gasteiger partial charge in [-0.25, -0.2) is 9.37 Å². The number of nitrogens with zero attached hydrogens (tertiary/aromatic N) is 4. The maximum atomic E-state index is 14.9. The molecule has 1 saturated heterocycles. The summed E-state index contributed by atoms with van der Waals surface area (Å²) in [6.45, 7) is 1.19. The first kappa shape index (κ1) is 17.1. The average molecular weight is 377 g/mol. The summed E-state index contributed by atoms with van der Waals surface area (Å²) in [5.74, 6) is 1.24. The van der Waals surface area contributed by atoms with E-state index >= 15 is 0 Å². The highest BCUT2D eigenvalue weighted by Gasteiger charge is 2.32. The number of rotatable bonds is 4. The van der Waals surface area contributed by atoms with Crippen LogP contribution in [0.2, 0.25) is 0 Å². The molecule has 0 radical (unpaired) electrons. The van der Waals surface area contributed by atoms with Crippen LogP contribution < -0.4 is 10.1 Å². The monoisotopic (exact) mass is 377 g/mol. The van der Waals surface area contributed by atoms with Gasteiger partial charge in [0.05, 0.1) is 0 Å². The molecule has 1 aliphatic rings. The number of hydrogen-bond acceptors (Lipinski definition) is 5. The summed E-state index contributed by atoms with van der Waals surface area (Å²) in [6, 6.07) is 15.3. The SMILES string of the molecule is FC1(COc2cccc3ccc(-c4nnc5ccccn45)nc23)CCCNC1. The zero-order chi connectivity index (χ0) is 19.0. The van der Waals surface area contributed by atoms with E-state index in [1.54, 1.807) is 0 Å². The molecule has 1 N–H and O–H groups in total. The molecule has 1 fully saturated rings. The van der Waals surface area contributed by atoms with E-state index in [1.165, 1.54) is 0 Å². The third-order valence-electron chi connectivity index (χ3n) is 5.13. The summed E-state index contributed by atoms with van der Waals surface area (Å²) in [4.78, 5) is 4.77. The highest BCUT2D eigenvalue weighted by atomic mass is 19.1. The second-order valence-corrected chi connectivity index (χ2v) is 7.20. The molecule has 1 aliphatic heterocycles. The van der Waals surface area contributed by atoms with Gasteiger partial charge in [-0.2, -0.15) is 0 Å². The Hall–Kier alpha value is -3.06. The van der Waals surface area contributed by atoms with Gasteiger partial charge in [0.15, 0.2) is 17.1 Å². The number of pyridine rings is 2. The van der Waals surface area contributed by atoms with Crippen molar-refractivity contribution >= 4 is 16.6 Å². The summed E-state index contributed by atoms with van der Waals surface area (Å²) in [7, 11) is 0. The Labute approximate surface area is 161 Å². The molecule has 1 aromatic carbocycles.